The highest BCUT2D eigenvalue weighted by Gasteiger charge is 2.43. The highest BCUT2D eigenvalue weighted by Crippen LogP contribution is 2.38. The van der Waals surface area contributed by atoms with Crippen molar-refractivity contribution < 1.29 is 18.4 Å². The Kier molecular flexibility index (Phi) is 7.20. The molecule has 34 heavy (non-hydrogen) atoms. The van der Waals surface area contributed by atoms with Crippen LogP contribution in [0.3, 0.4) is 0 Å². The Balaban J connectivity index is 1.42. The van der Waals surface area contributed by atoms with Gasteiger partial charge in [-0.3, -0.25) is 4.90 Å². The van der Waals surface area contributed by atoms with E-state index < -0.39 is 16.6 Å². The first-order valence-electron chi connectivity index (χ1n) is 12.4. The lowest BCUT2D eigenvalue weighted by Crippen LogP contribution is -2.49. The minimum absolute atomic E-state index is 0.439. The summed E-state index contributed by atoms with van der Waals surface area (Å²) in [5.74, 6) is 1.01. The van der Waals surface area contributed by atoms with Crippen LogP contribution in [0.4, 0.5) is 0 Å². The molecular formula is C26H35N3O4S. The fraction of sp³-hybridized carbons (Fsp3) is 0.577. The van der Waals surface area contributed by atoms with Crippen molar-refractivity contribution in [2.45, 2.75) is 56.6 Å². The number of aromatic nitrogens is 1. The van der Waals surface area contributed by atoms with Gasteiger partial charge in [0.2, 0.25) is 11.8 Å². The van der Waals surface area contributed by atoms with Crippen LogP contribution in [0.1, 0.15) is 42.4 Å². The van der Waals surface area contributed by atoms with E-state index in [1.807, 2.05) is 29.4 Å². The minimum atomic E-state index is -1.39. The normalized spacial score (nSPS) is 22.8. The maximum absolute atomic E-state index is 13.9. The van der Waals surface area contributed by atoms with E-state index in [0.29, 0.717) is 49.6 Å². The van der Waals surface area contributed by atoms with E-state index in [1.165, 1.54) is 24.0 Å². The number of aryl methyl sites for hydroxylation is 2. The molecule has 0 N–H and O–H groups in total. The van der Waals surface area contributed by atoms with Crippen LogP contribution in [0.15, 0.2) is 35.2 Å². The first-order chi connectivity index (χ1) is 16.5. The van der Waals surface area contributed by atoms with Crippen molar-refractivity contribution in [1.29, 1.82) is 0 Å². The van der Waals surface area contributed by atoms with Gasteiger partial charge in [-0.2, -0.15) is 4.98 Å². The van der Waals surface area contributed by atoms with Gasteiger partial charge in [-0.15, -0.1) is 0 Å². The molecule has 1 aromatic heterocycles. The number of ether oxygens (including phenoxy) is 3. The van der Waals surface area contributed by atoms with Crippen LogP contribution in [0.5, 0.6) is 11.8 Å². The maximum atomic E-state index is 13.9. The van der Waals surface area contributed by atoms with Crippen LogP contribution >= 0.6 is 0 Å². The lowest BCUT2D eigenvalue weighted by molar-refractivity contribution is -0.0554. The molecule has 184 valence electrons. The molecule has 3 aliphatic rings. The fourth-order valence-corrected chi connectivity index (χ4v) is 6.43. The lowest BCUT2D eigenvalue weighted by Gasteiger charge is -2.38. The molecule has 0 bridgehead atoms. The number of pyridine rings is 1. The van der Waals surface area contributed by atoms with E-state index in [-0.39, 0.29) is 0 Å². The standard InChI is InChI=1S/C26H35N3O4S/c1-20-7-3-4-8-22(20)18-29-19-26(9-14-31-15-10-26)33-25-23(34(29)30)17-21(2)24(27-25)32-16-13-28-11-5-6-12-28/h3-4,7-8,17H,5-6,9-16,18-19H2,1-2H3. The quantitative estimate of drug-likeness (QED) is 0.623. The Morgan fingerprint density at radius 2 is 1.88 bits per heavy atom. The van der Waals surface area contributed by atoms with Crippen LogP contribution in [-0.4, -0.2) is 70.0 Å². The Labute approximate surface area is 205 Å². The Bertz CT molecular complexity index is 1030. The van der Waals surface area contributed by atoms with E-state index in [1.54, 1.807) is 0 Å². The van der Waals surface area contributed by atoms with Gasteiger partial charge in [-0.1, -0.05) is 24.3 Å². The molecule has 1 spiro atoms. The number of likely N-dealkylation sites (tertiary alicyclic amines) is 1. The molecule has 1 unspecified atom stereocenters. The molecule has 5 rings (SSSR count). The SMILES string of the molecule is Cc1ccccc1CN1CC2(CCOCC2)Oc2nc(OCCN3CCCC3)c(C)cc2S1=O. The van der Waals surface area contributed by atoms with Crippen LogP contribution in [0, 0.1) is 13.8 Å². The zero-order chi connectivity index (χ0) is 23.5. The van der Waals surface area contributed by atoms with E-state index in [9.17, 15) is 4.21 Å². The number of rotatable bonds is 6. The van der Waals surface area contributed by atoms with Gasteiger partial charge in [-0.25, -0.2) is 8.51 Å². The Morgan fingerprint density at radius 3 is 2.65 bits per heavy atom. The van der Waals surface area contributed by atoms with Crippen molar-refractivity contribution in [1.82, 2.24) is 14.2 Å². The van der Waals surface area contributed by atoms with E-state index >= 15 is 0 Å². The van der Waals surface area contributed by atoms with Gasteiger partial charge in [0.15, 0.2) is 0 Å². The summed E-state index contributed by atoms with van der Waals surface area (Å²) in [6.45, 7) is 10.3. The van der Waals surface area contributed by atoms with Crippen molar-refractivity contribution in [3.05, 3.63) is 47.0 Å². The van der Waals surface area contributed by atoms with Crippen molar-refractivity contribution in [3.8, 4) is 11.8 Å². The molecule has 2 aromatic rings. The number of fused-ring (bicyclic) bond motifs is 1. The second-order valence-corrected chi connectivity index (χ2v) is 11.1. The first kappa shape index (κ1) is 23.7. The monoisotopic (exact) mass is 485 g/mol. The molecule has 0 saturated carbocycles. The van der Waals surface area contributed by atoms with Gasteiger partial charge in [0.25, 0.3) is 0 Å². The fourth-order valence-electron chi connectivity index (χ4n) is 5.03. The van der Waals surface area contributed by atoms with Gasteiger partial charge in [0.1, 0.15) is 28.1 Å². The highest BCUT2D eigenvalue weighted by molar-refractivity contribution is 7.82. The Morgan fingerprint density at radius 1 is 1.12 bits per heavy atom. The number of hydrogen-bond acceptors (Lipinski definition) is 6. The predicted molar refractivity (Wildman–Crippen MR) is 132 cm³/mol. The van der Waals surface area contributed by atoms with Gasteiger partial charge in [0.05, 0.1) is 19.8 Å². The lowest BCUT2D eigenvalue weighted by atomic mass is 9.93. The molecule has 7 nitrogen and oxygen atoms in total. The first-order valence-corrected chi connectivity index (χ1v) is 13.5. The van der Waals surface area contributed by atoms with Crippen LogP contribution in [0.2, 0.25) is 0 Å². The summed E-state index contributed by atoms with van der Waals surface area (Å²) in [4.78, 5) is 7.82. The zero-order valence-electron chi connectivity index (χ0n) is 20.3. The predicted octanol–water partition coefficient (Wildman–Crippen LogP) is 3.64. The summed E-state index contributed by atoms with van der Waals surface area (Å²) < 4.78 is 34.2. The van der Waals surface area contributed by atoms with E-state index in [4.69, 9.17) is 19.2 Å². The summed E-state index contributed by atoms with van der Waals surface area (Å²) in [5.41, 5.74) is 2.78. The second kappa shape index (κ2) is 10.3. The highest BCUT2D eigenvalue weighted by atomic mass is 32.2. The number of hydrogen-bond donors (Lipinski definition) is 0. The molecule has 2 saturated heterocycles. The van der Waals surface area contributed by atoms with Gasteiger partial charge < -0.3 is 14.2 Å². The molecular weight excluding hydrogens is 450 g/mol. The van der Waals surface area contributed by atoms with Crippen molar-refractivity contribution in [2.24, 2.45) is 0 Å². The third kappa shape index (κ3) is 5.15. The minimum Gasteiger partial charge on any atom is -0.476 e. The summed E-state index contributed by atoms with van der Waals surface area (Å²) in [6, 6.07) is 10.2. The summed E-state index contributed by atoms with van der Waals surface area (Å²) in [5, 5.41) is 0. The molecule has 2 fully saturated rings. The Hall–Kier alpha value is -2.00. The van der Waals surface area contributed by atoms with Crippen molar-refractivity contribution in [3.63, 3.8) is 0 Å². The number of nitrogens with zero attached hydrogens (tertiary/aromatic N) is 3. The zero-order valence-corrected chi connectivity index (χ0v) is 21.1. The summed E-state index contributed by atoms with van der Waals surface area (Å²) in [6.07, 6.45) is 4.02. The largest absolute Gasteiger partial charge is 0.476 e. The molecule has 8 heteroatoms. The second-order valence-electron chi connectivity index (χ2n) is 9.68. The van der Waals surface area contributed by atoms with E-state index in [0.717, 1.165) is 38.0 Å². The molecule has 4 heterocycles. The molecule has 3 aliphatic heterocycles. The average Bonchev–Trinajstić information content (AvgIpc) is 3.32. The molecule has 1 atom stereocenters. The third-order valence-corrected chi connectivity index (χ3v) is 8.55. The smallest absolute Gasteiger partial charge is 0.235 e. The maximum Gasteiger partial charge on any atom is 0.235 e. The average molecular weight is 486 g/mol. The third-order valence-electron chi connectivity index (χ3n) is 7.16. The van der Waals surface area contributed by atoms with Crippen LogP contribution in [0.25, 0.3) is 0 Å². The van der Waals surface area contributed by atoms with Gasteiger partial charge in [-0.05, 0) is 57.0 Å². The van der Waals surface area contributed by atoms with Crippen molar-refractivity contribution in [2.75, 3.05) is 46.0 Å². The number of benzene rings is 1. The molecule has 0 radical (unpaired) electrons. The van der Waals surface area contributed by atoms with Crippen LogP contribution < -0.4 is 9.47 Å². The summed E-state index contributed by atoms with van der Waals surface area (Å²) in [7, 11) is -1.39. The topological polar surface area (TPSA) is 64.1 Å². The summed E-state index contributed by atoms with van der Waals surface area (Å²) >= 11 is 0. The van der Waals surface area contributed by atoms with Gasteiger partial charge >= 0.3 is 0 Å². The molecule has 0 aliphatic carbocycles. The van der Waals surface area contributed by atoms with Crippen molar-refractivity contribution >= 4 is 11.0 Å². The van der Waals surface area contributed by atoms with Gasteiger partial charge in [0, 0.05) is 31.5 Å². The van der Waals surface area contributed by atoms with Crippen LogP contribution in [-0.2, 0) is 22.3 Å². The molecule has 1 aromatic carbocycles. The molecule has 0 amide bonds. The van der Waals surface area contributed by atoms with E-state index in [2.05, 4.69) is 24.0 Å².